The van der Waals surface area contributed by atoms with Crippen molar-refractivity contribution >= 4 is 16.6 Å². The minimum absolute atomic E-state index is 0.378. The van der Waals surface area contributed by atoms with E-state index < -0.39 is 12.7 Å². The number of nitrogens with one attached hydrogen (secondary N) is 2. The van der Waals surface area contributed by atoms with E-state index in [1.54, 1.807) is 18.2 Å². The van der Waals surface area contributed by atoms with Gasteiger partial charge in [-0.15, -0.1) is 0 Å². The molecule has 2 heterocycles. The minimum Gasteiger partial charge on any atom is -0.382 e. The summed E-state index contributed by atoms with van der Waals surface area (Å²) in [5.74, 6) is 0. The van der Waals surface area contributed by atoms with Crippen molar-refractivity contribution < 1.29 is 13.2 Å². The second kappa shape index (κ2) is 5.60. The smallest absolute Gasteiger partial charge is 0.382 e. The van der Waals surface area contributed by atoms with Gasteiger partial charge < -0.3 is 15.2 Å². The zero-order chi connectivity index (χ0) is 14.9. The Balaban J connectivity index is 1.86. The number of aromatic nitrogens is 1. The Kier molecular flexibility index (Phi) is 3.80. The number of nitrogens with zero attached hydrogens (tertiary/aromatic N) is 1. The highest BCUT2D eigenvalue weighted by Gasteiger charge is 2.28. The summed E-state index contributed by atoms with van der Waals surface area (Å²) in [4.78, 5) is 0. The van der Waals surface area contributed by atoms with Gasteiger partial charge in [-0.25, -0.2) is 0 Å². The summed E-state index contributed by atoms with van der Waals surface area (Å²) in [7, 11) is 0. The van der Waals surface area contributed by atoms with E-state index in [0.29, 0.717) is 11.6 Å². The molecule has 0 spiro atoms. The fourth-order valence-corrected chi connectivity index (χ4v) is 2.87. The molecule has 0 unspecified atom stereocenters. The van der Waals surface area contributed by atoms with E-state index in [1.807, 2.05) is 6.07 Å². The maximum atomic E-state index is 12.6. The first kappa shape index (κ1) is 14.3. The number of alkyl halides is 3. The van der Waals surface area contributed by atoms with Gasteiger partial charge in [0, 0.05) is 23.3 Å². The summed E-state index contributed by atoms with van der Waals surface area (Å²) >= 11 is 0. The van der Waals surface area contributed by atoms with Crippen LogP contribution in [-0.2, 0) is 6.54 Å². The molecule has 2 aromatic rings. The van der Waals surface area contributed by atoms with Gasteiger partial charge in [0.25, 0.3) is 0 Å². The van der Waals surface area contributed by atoms with E-state index in [-0.39, 0.29) is 0 Å². The average molecular weight is 297 g/mol. The van der Waals surface area contributed by atoms with Crippen molar-refractivity contribution in [3.05, 3.63) is 30.5 Å². The van der Waals surface area contributed by atoms with E-state index in [1.165, 1.54) is 10.8 Å². The fraction of sp³-hybridized carbons (Fsp3) is 0.467. The summed E-state index contributed by atoms with van der Waals surface area (Å²) in [5.41, 5.74) is 1.53. The summed E-state index contributed by atoms with van der Waals surface area (Å²) in [6.45, 7) is 0.999. The van der Waals surface area contributed by atoms with Crippen molar-refractivity contribution in [3.63, 3.8) is 0 Å². The monoisotopic (exact) mass is 297 g/mol. The van der Waals surface area contributed by atoms with Gasteiger partial charge >= 0.3 is 6.18 Å². The summed E-state index contributed by atoms with van der Waals surface area (Å²) < 4.78 is 39.0. The van der Waals surface area contributed by atoms with Crippen molar-refractivity contribution in [2.45, 2.75) is 31.6 Å². The van der Waals surface area contributed by atoms with Crippen LogP contribution in [0.25, 0.3) is 10.9 Å². The van der Waals surface area contributed by atoms with Crippen molar-refractivity contribution in [2.75, 3.05) is 18.4 Å². The molecule has 3 nitrogen and oxygen atoms in total. The highest BCUT2D eigenvalue weighted by atomic mass is 19.4. The number of hydrogen-bond acceptors (Lipinski definition) is 2. The Labute approximate surface area is 121 Å². The Morgan fingerprint density at radius 2 is 1.95 bits per heavy atom. The molecule has 0 aliphatic carbocycles. The lowest BCUT2D eigenvalue weighted by Gasteiger charge is -2.25. The molecule has 2 N–H and O–H groups in total. The zero-order valence-corrected chi connectivity index (χ0v) is 11.6. The number of rotatable bonds is 3. The van der Waals surface area contributed by atoms with E-state index >= 15 is 0 Å². The Morgan fingerprint density at radius 3 is 2.67 bits per heavy atom. The van der Waals surface area contributed by atoms with Gasteiger partial charge in [0.2, 0.25) is 0 Å². The van der Waals surface area contributed by atoms with Crippen LogP contribution < -0.4 is 10.6 Å². The van der Waals surface area contributed by atoms with Gasteiger partial charge in [-0.3, -0.25) is 0 Å². The lowest BCUT2D eigenvalue weighted by atomic mass is 10.1. The molecule has 0 radical (unpaired) electrons. The molecule has 0 bridgehead atoms. The lowest BCUT2D eigenvalue weighted by molar-refractivity contribution is -0.139. The molecule has 1 saturated heterocycles. The Bertz CT molecular complexity index is 612. The van der Waals surface area contributed by atoms with Crippen LogP contribution in [0.1, 0.15) is 12.8 Å². The molecule has 1 aliphatic heterocycles. The number of anilines is 1. The third-order valence-corrected chi connectivity index (χ3v) is 3.86. The maximum Gasteiger partial charge on any atom is 0.406 e. The molecule has 3 rings (SSSR count). The molecule has 1 aromatic heterocycles. The van der Waals surface area contributed by atoms with Crippen LogP contribution in [-0.4, -0.2) is 29.9 Å². The molecule has 1 aromatic carbocycles. The van der Waals surface area contributed by atoms with Crippen LogP contribution in [0.2, 0.25) is 0 Å². The highest BCUT2D eigenvalue weighted by Crippen LogP contribution is 2.28. The van der Waals surface area contributed by atoms with E-state index in [0.717, 1.165) is 37.0 Å². The molecule has 21 heavy (non-hydrogen) atoms. The first-order chi connectivity index (χ1) is 10.0. The second-order valence-corrected chi connectivity index (χ2v) is 5.47. The molecule has 0 saturated carbocycles. The summed E-state index contributed by atoms with van der Waals surface area (Å²) in [6, 6.07) is 7.60. The topological polar surface area (TPSA) is 29.0 Å². The summed E-state index contributed by atoms with van der Waals surface area (Å²) in [5, 5.41) is 7.61. The quantitative estimate of drug-likeness (QED) is 0.909. The van der Waals surface area contributed by atoms with Crippen LogP contribution in [0.4, 0.5) is 18.9 Å². The molecule has 0 amide bonds. The van der Waals surface area contributed by atoms with Gasteiger partial charge in [-0.2, -0.15) is 13.2 Å². The fourth-order valence-electron chi connectivity index (χ4n) is 2.87. The molecule has 1 fully saturated rings. The predicted molar refractivity (Wildman–Crippen MR) is 77.5 cm³/mol. The van der Waals surface area contributed by atoms with E-state index in [4.69, 9.17) is 0 Å². The normalized spacial score (nSPS) is 17.3. The van der Waals surface area contributed by atoms with Crippen molar-refractivity contribution in [1.82, 2.24) is 9.88 Å². The standard InChI is InChI=1S/C15H18F3N3/c16-15(17,18)10-21-9-6-12-13(2-1-3-14(12)21)20-11-4-7-19-8-5-11/h1-3,6,9,11,19-20H,4-5,7-8,10H2. The van der Waals surface area contributed by atoms with Gasteiger partial charge in [0.05, 0.1) is 5.52 Å². The first-order valence-electron chi connectivity index (χ1n) is 7.15. The van der Waals surface area contributed by atoms with Gasteiger partial charge in [-0.05, 0) is 44.1 Å². The van der Waals surface area contributed by atoms with Crippen molar-refractivity contribution in [2.24, 2.45) is 0 Å². The molecule has 6 heteroatoms. The molecule has 1 aliphatic rings. The Morgan fingerprint density at radius 1 is 1.19 bits per heavy atom. The predicted octanol–water partition coefficient (Wildman–Crippen LogP) is 3.37. The largest absolute Gasteiger partial charge is 0.406 e. The maximum absolute atomic E-state index is 12.6. The van der Waals surface area contributed by atoms with Crippen molar-refractivity contribution in [3.8, 4) is 0 Å². The van der Waals surface area contributed by atoms with Crippen LogP contribution >= 0.6 is 0 Å². The van der Waals surface area contributed by atoms with E-state index in [9.17, 15) is 13.2 Å². The SMILES string of the molecule is FC(F)(F)Cn1ccc2c(NC3CCNCC3)cccc21. The molecule has 114 valence electrons. The number of benzene rings is 1. The highest BCUT2D eigenvalue weighted by molar-refractivity contribution is 5.92. The van der Waals surface area contributed by atoms with Crippen LogP contribution in [0.5, 0.6) is 0 Å². The van der Waals surface area contributed by atoms with Crippen LogP contribution in [0, 0.1) is 0 Å². The third-order valence-electron chi connectivity index (χ3n) is 3.86. The Hall–Kier alpha value is -1.69. The lowest BCUT2D eigenvalue weighted by Crippen LogP contribution is -2.35. The van der Waals surface area contributed by atoms with Gasteiger partial charge in [0.1, 0.15) is 6.54 Å². The summed E-state index contributed by atoms with van der Waals surface area (Å²) in [6.07, 6.45) is -0.643. The van der Waals surface area contributed by atoms with Gasteiger partial charge in [0.15, 0.2) is 0 Å². The number of piperidine rings is 1. The molecular weight excluding hydrogens is 279 g/mol. The van der Waals surface area contributed by atoms with Crippen molar-refractivity contribution in [1.29, 1.82) is 0 Å². The second-order valence-electron chi connectivity index (χ2n) is 5.47. The van der Waals surface area contributed by atoms with Crippen LogP contribution in [0.15, 0.2) is 30.5 Å². The van der Waals surface area contributed by atoms with Gasteiger partial charge in [-0.1, -0.05) is 6.07 Å². The zero-order valence-electron chi connectivity index (χ0n) is 11.6. The number of halogens is 3. The first-order valence-corrected chi connectivity index (χ1v) is 7.15. The minimum atomic E-state index is -4.20. The average Bonchev–Trinajstić information content (AvgIpc) is 2.82. The molecule has 0 atom stereocenters. The molecular formula is C15H18F3N3. The third kappa shape index (κ3) is 3.32. The number of hydrogen-bond donors (Lipinski definition) is 2. The van der Waals surface area contributed by atoms with E-state index in [2.05, 4.69) is 10.6 Å². The number of fused-ring (bicyclic) bond motifs is 1. The van der Waals surface area contributed by atoms with Crippen LogP contribution in [0.3, 0.4) is 0 Å².